The summed E-state index contributed by atoms with van der Waals surface area (Å²) in [7, 11) is 1.62. The number of ether oxygens (including phenoxy) is 1. The van der Waals surface area contributed by atoms with Crippen molar-refractivity contribution in [1.29, 1.82) is 0 Å². The molecule has 3 rings (SSSR count). The first-order valence-electron chi connectivity index (χ1n) is 8.61. The summed E-state index contributed by atoms with van der Waals surface area (Å²) in [5.74, 6) is 1.06. The van der Waals surface area contributed by atoms with Crippen molar-refractivity contribution in [1.82, 2.24) is 10.3 Å². The normalized spacial score (nSPS) is 11.6. The molecule has 0 aliphatic rings. The Morgan fingerprint density at radius 2 is 2.07 bits per heavy atom. The van der Waals surface area contributed by atoms with E-state index in [9.17, 15) is 4.79 Å². The number of aromatic nitrogens is 1. The van der Waals surface area contributed by atoms with Crippen molar-refractivity contribution in [2.24, 2.45) is 10.7 Å². The van der Waals surface area contributed by atoms with Gasteiger partial charge >= 0.3 is 0 Å². The van der Waals surface area contributed by atoms with Crippen LogP contribution in [-0.2, 0) is 0 Å². The Labute approximate surface area is 163 Å². The number of thiol groups is 1. The third-order valence-electron chi connectivity index (χ3n) is 4.16. The summed E-state index contributed by atoms with van der Waals surface area (Å²) in [6.07, 6.45) is 0.690. The Morgan fingerprint density at radius 3 is 2.85 bits per heavy atom. The Morgan fingerprint density at radius 1 is 1.26 bits per heavy atom. The number of aliphatic imine (C=N–C) groups is 1. The molecule has 0 aliphatic heterocycles. The van der Waals surface area contributed by atoms with E-state index in [-0.39, 0.29) is 5.91 Å². The summed E-state index contributed by atoms with van der Waals surface area (Å²) in [5, 5.41) is 3.82. The van der Waals surface area contributed by atoms with Gasteiger partial charge in [-0.25, -0.2) is 0 Å². The van der Waals surface area contributed by atoms with Crippen molar-refractivity contribution in [3.63, 3.8) is 0 Å². The summed E-state index contributed by atoms with van der Waals surface area (Å²) in [5.41, 5.74) is 8.22. The molecule has 2 aromatic carbocycles. The number of fused-ring (bicyclic) bond motifs is 1. The maximum absolute atomic E-state index is 12.3. The number of H-pyrrole nitrogens is 1. The minimum atomic E-state index is -0.150. The van der Waals surface area contributed by atoms with Crippen LogP contribution in [0.5, 0.6) is 5.75 Å². The largest absolute Gasteiger partial charge is 0.497 e. The number of carbonyl (C=O) groups is 1. The van der Waals surface area contributed by atoms with Gasteiger partial charge in [-0.05, 0) is 36.8 Å². The second-order valence-electron chi connectivity index (χ2n) is 6.03. The first-order valence-corrected chi connectivity index (χ1v) is 9.06. The number of rotatable bonds is 7. The van der Waals surface area contributed by atoms with Crippen LogP contribution in [0.2, 0.25) is 0 Å². The topological polar surface area (TPSA) is 92.5 Å². The highest BCUT2D eigenvalue weighted by Crippen LogP contribution is 2.21. The second-order valence-corrected chi connectivity index (χ2v) is 6.51. The Balaban J connectivity index is 1.51. The SMILES string of the molecule is COc1ccc2[nH]c(C(=O)NCCCN=C(N)c3ccccc3S)cc2c1. The van der Waals surface area contributed by atoms with E-state index in [1.54, 1.807) is 7.11 Å². The fourth-order valence-electron chi connectivity index (χ4n) is 2.71. The standard InChI is InChI=1S/C20H22N4O2S/c1-26-14-7-8-16-13(11-14)12-17(24-16)20(25)23-10-4-9-22-19(21)15-5-2-3-6-18(15)27/h2-3,5-8,11-12,24,27H,4,9-10H2,1H3,(H2,21,22)(H,23,25). The smallest absolute Gasteiger partial charge is 0.267 e. The number of benzene rings is 2. The van der Waals surface area contributed by atoms with Crippen LogP contribution in [0.4, 0.5) is 0 Å². The molecule has 27 heavy (non-hydrogen) atoms. The molecule has 140 valence electrons. The molecule has 7 heteroatoms. The lowest BCUT2D eigenvalue weighted by Crippen LogP contribution is -2.25. The molecule has 3 aromatic rings. The van der Waals surface area contributed by atoms with Crippen molar-refractivity contribution < 1.29 is 9.53 Å². The van der Waals surface area contributed by atoms with Crippen molar-refractivity contribution in [2.75, 3.05) is 20.2 Å². The molecule has 0 fully saturated rings. The minimum absolute atomic E-state index is 0.150. The second kappa shape index (κ2) is 8.64. The third-order valence-corrected chi connectivity index (χ3v) is 4.55. The third kappa shape index (κ3) is 4.62. The molecular formula is C20H22N4O2S. The molecule has 0 spiro atoms. The molecule has 1 amide bonds. The number of amidine groups is 1. The van der Waals surface area contributed by atoms with E-state index in [0.717, 1.165) is 27.1 Å². The molecule has 6 nitrogen and oxygen atoms in total. The number of nitrogens with one attached hydrogen (secondary N) is 2. The zero-order valence-corrected chi connectivity index (χ0v) is 15.9. The Hall–Kier alpha value is -2.93. The van der Waals surface area contributed by atoms with Crippen molar-refractivity contribution >= 4 is 35.3 Å². The van der Waals surface area contributed by atoms with Gasteiger partial charge in [0.05, 0.1) is 7.11 Å². The molecule has 4 N–H and O–H groups in total. The Bertz CT molecular complexity index is 981. The molecule has 0 atom stereocenters. The van der Waals surface area contributed by atoms with Gasteiger partial charge in [-0.15, -0.1) is 12.6 Å². The Kier molecular flexibility index (Phi) is 6.03. The molecule has 0 saturated carbocycles. The molecular weight excluding hydrogens is 360 g/mol. The van der Waals surface area contributed by atoms with Gasteiger partial charge in [-0.1, -0.05) is 18.2 Å². The first-order chi connectivity index (χ1) is 13.1. The van der Waals surface area contributed by atoms with Gasteiger partial charge in [0, 0.05) is 34.5 Å². The van der Waals surface area contributed by atoms with E-state index >= 15 is 0 Å². The van der Waals surface area contributed by atoms with Gasteiger partial charge in [0.1, 0.15) is 17.3 Å². The molecule has 1 heterocycles. The average Bonchev–Trinajstić information content (AvgIpc) is 3.11. The summed E-state index contributed by atoms with van der Waals surface area (Å²) >= 11 is 4.37. The first kappa shape index (κ1) is 18.8. The number of hydrogen-bond acceptors (Lipinski definition) is 4. The van der Waals surface area contributed by atoms with Crippen LogP contribution in [0.15, 0.2) is 58.4 Å². The molecule has 1 aromatic heterocycles. The fraction of sp³-hybridized carbons (Fsp3) is 0.200. The maximum Gasteiger partial charge on any atom is 0.267 e. The van der Waals surface area contributed by atoms with E-state index in [0.29, 0.717) is 31.0 Å². The van der Waals surface area contributed by atoms with Gasteiger partial charge in [0.15, 0.2) is 0 Å². The van der Waals surface area contributed by atoms with Crippen LogP contribution < -0.4 is 15.8 Å². The number of aromatic amines is 1. The minimum Gasteiger partial charge on any atom is -0.497 e. The summed E-state index contributed by atoms with van der Waals surface area (Å²) in [6, 6.07) is 15.0. The number of hydrogen-bond donors (Lipinski definition) is 4. The van der Waals surface area contributed by atoms with Gasteiger partial charge < -0.3 is 20.8 Å². The lowest BCUT2D eigenvalue weighted by atomic mass is 10.2. The average molecular weight is 382 g/mol. The lowest BCUT2D eigenvalue weighted by Gasteiger charge is -2.05. The molecule has 0 aliphatic carbocycles. The molecule has 0 unspecified atom stereocenters. The number of nitrogens with zero attached hydrogens (tertiary/aromatic N) is 1. The van der Waals surface area contributed by atoms with E-state index in [1.807, 2.05) is 48.5 Å². The summed E-state index contributed by atoms with van der Waals surface area (Å²) < 4.78 is 5.20. The van der Waals surface area contributed by atoms with Crippen molar-refractivity contribution in [3.8, 4) is 5.75 Å². The van der Waals surface area contributed by atoms with Crippen LogP contribution in [0.25, 0.3) is 10.9 Å². The van der Waals surface area contributed by atoms with Crippen molar-refractivity contribution in [3.05, 3.63) is 59.8 Å². The number of carbonyl (C=O) groups excluding carboxylic acids is 1. The van der Waals surface area contributed by atoms with Crippen molar-refractivity contribution in [2.45, 2.75) is 11.3 Å². The molecule has 0 saturated heterocycles. The van der Waals surface area contributed by atoms with Gasteiger partial charge in [0.25, 0.3) is 5.91 Å². The zero-order chi connectivity index (χ0) is 19.2. The van der Waals surface area contributed by atoms with E-state index in [4.69, 9.17) is 10.5 Å². The predicted molar refractivity (Wildman–Crippen MR) is 111 cm³/mol. The monoisotopic (exact) mass is 382 g/mol. The summed E-state index contributed by atoms with van der Waals surface area (Å²) in [4.78, 5) is 20.5. The van der Waals surface area contributed by atoms with Crippen LogP contribution >= 0.6 is 12.6 Å². The molecule has 0 radical (unpaired) electrons. The predicted octanol–water partition coefficient (Wildman–Crippen LogP) is 2.99. The van der Waals surface area contributed by atoms with Crippen LogP contribution in [0.3, 0.4) is 0 Å². The fourth-order valence-corrected chi connectivity index (χ4v) is 2.99. The van der Waals surface area contributed by atoms with Crippen LogP contribution in [0.1, 0.15) is 22.5 Å². The van der Waals surface area contributed by atoms with E-state index in [2.05, 4.69) is 27.9 Å². The van der Waals surface area contributed by atoms with E-state index < -0.39 is 0 Å². The number of amides is 1. The molecule has 0 bridgehead atoms. The van der Waals surface area contributed by atoms with Gasteiger partial charge in [0.2, 0.25) is 0 Å². The maximum atomic E-state index is 12.3. The highest BCUT2D eigenvalue weighted by Gasteiger charge is 2.09. The highest BCUT2D eigenvalue weighted by atomic mass is 32.1. The van der Waals surface area contributed by atoms with Crippen LogP contribution in [0, 0.1) is 0 Å². The number of methoxy groups -OCH3 is 1. The quantitative estimate of drug-likeness (QED) is 0.219. The van der Waals surface area contributed by atoms with E-state index in [1.165, 1.54) is 0 Å². The van der Waals surface area contributed by atoms with Crippen LogP contribution in [-0.4, -0.2) is 36.9 Å². The lowest BCUT2D eigenvalue weighted by molar-refractivity contribution is 0.0949. The number of nitrogens with two attached hydrogens (primary N) is 1. The highest BCUT2D eigenvalue weighted by molar-refractivity contribution is 7.80. The van der Waals surface area contributed by atoms with Gasteiger partial charge in [-0.2, -0.15) is 0 Å². The van der Waals surface area contributed by atoms with Gasteiger partial charge in [-0.3, -0.25) is 9.79 Å². The zero-order valence-electron chi connectivity index (χ0n) is 15.0. The summed E-state index contributed by atoms with van der Waals surface area (Å²) in [6.45, 7) is 1.04.